The van der Waals surface area contributed by atoms with Gasteiger partial charge < -0.3 is 9.64 Å². The molecule has 1 atom stereocenters. The molecular formula is C19H25NO. The van der Waals surface area contributed by atoms with Gasteiger partial charge in [0.05, 0.1) is 7.11 Å². The SMILES string of the molecule is COc1cccc(CC(CCN(C)C)c2ccccc2)c1. The number of hydrogen-bond acceptors (Lipinski definition) is 2. The van der Waals surface area contributed by atoms with Gasteiger partial charge in [-0.3, -0.25) is 0 Å². The maximum Gasteiger partial charge on any atom is 0.119 e. The van der Waals surface area contributed by atoms with Crippen LogP contribution in [-0.2, 0) is 6.42 Å². The summed E-state index contributed by atoms with van der Waals surface area (Å²) in [5.41, 5.74) is 2.75. The molecular weight excluding hydrogens is 258 g/mol. The van der Waals surface area contributed by atoms with Crippen molar-refractivity contribution < 1.29 is 4.74 Å². The monoisotopic (exact) mass is 283 g/mol. The van der Waals surface area contributed by atoms with Gasteiger partial charge >= 0.3 is 0 Å². The lowest BCUT2D eigenvalue weighted by Gasteiger charge is -2.20. The van der Waals surface area contributed by atoms with Crippen LogP contribution in [0.25, 0.3) is 0 Å². The Labute approximate surface area is 128 Å². The minimum Gasteiger partial charge on any atom is -0.497 e. The number of rotatable bonds is 7. The molecule has 112 valence electrons. The molecule has 0 bridgehead atoms. The van der Waals surface area contributed by atoms with Gasteiger partial charge in [-0.1, -0.05) is 42.5 Å². The molecule has 0 heterocycles. The molecule has 0 aliphatic rings. The first-order valence-corrected chi connectivity index (χ1v) is 7.51. The van der Waals surface area contributed by atoms with Gasteiger partial charge in [0.1, 0.15) is 5.75 Å². The minimum atomic E-state index is 0.542. The topological polar surface area (TPSA) is 12.5 Å². The van der Waals surface area contributed by atoms with Crippen LogP contribution in [0.2, 0.25) is 0 Å². The first-order valence-electron chi connectivity index (χ1n) is 7.51. The quantitative estimate of drug-likeness (QED) is 0.762. The fraction of sp³-hybridized carbons (Fsp3) is 0.368. The zero-order chi connectivity index (χ0) is 15.1. The molecule has 0 fully saturated rings. The molecule has 2 nitrogen and oxygen atoms in total. The number of ether oxygens (including phenoxy) is 1. The van der Waals surface area contributed by atoms with Crippen molar-refractivity contribution in [2.45, 2.75) is 18.8 Å². The highest BCUT2D eigenvalue weighted by atomic mass is 16.5. The minimum absolute atomic E-state index is 0.542. The van der Waals surface area contributed by atoms with E-state index < -0.39 is 0 Å². The van der Waals surface area contributed by atoms with Gasteiger partial charge in [0.2, 0.25) is 0 Å². The Hall–Kier alpha value is -1.80. The fourth-order valence-corrected chi connectivity index (χ4v) is 2.61. The molecule has 0 N–H and O–H groups in total. The van der Waals surface area contributed by atoms with E-state index in [9.17, 15) is 0 Å². The van der Waals surface area contributed by atoms with Crippen LogP contribution in [0.5, 0.6) is 5.75 Å². The van der Waals surface area contributed by atoms with Crippen molar-refractivity contribution in [3.63, 3.8) is 0 Å². The Bertz CT molecular complexity index is 536. The molecule has 0 aliphatic carbocycles. The van der Waals surface area contributed by atoms with E-state index in [1.165, 1.54) is 11.1 Å². The van der Waals surface area contributed by atoms with Crippen molar-refractivity contribution in [1.29, 1.82) is 0 Å². The van der Waals surface area contributed by atoms with E-state index in [0.29, 0.717) is 5.92 Å². The predicted molar refractivity (Wildman–Crippen MR) is 89.1 cm³/mol. The average molecular weight is 283 g/mol. The van der Waals surface area contributed by atoms with E-state index in [4.69, 9.17) is 4.74 Å². The maximum absolute atomic E-state index is 5.33. The van der Waals surface area contributed by atoms with Gasteiger partial charge in [0.25, 0.3) is 0 Å². The second kappa shape index (κ2) is 7.84. The van der Waals surface area contributed by atoms with E-state index >= 15 is 0 Å². The number of methoxy groups -OCH3 is 1. The predicted octanol–water partition coefficient (Wildman–Crippen LogP) is 3.97. The second-order valence-corrected chi connectivity index (χ2v) is 5.76. The molecule has 2 rings (SSSR count). The molecule has 0 saturated heterocycles. The third kappa shape index (κ3) is 4.91. The van der Waals surface area contributed by atoms with E-state index in [2.05, 4.69) is 67.5 Å². The van der Waals surface area contributed by atoms with Crippen molar-refractivity contribution in [3.8, 4) is 5.75 Å². The van der Waals surface area contributed by atoms with Crippen LogP contribution in [0.4, 0.5) is 0 Å². The van der Waals surface area contributed by atoms with Crippen molar-refractivity contribution >= 4 is 0 Å². The number of nitrogens with zero attached hydrogens (tertiary/aromatic N) is 1. The molecule has 0 spiro atoms. The summed E-state index contributed by atoms with van der Waals surface area (Å²) in [6.07, 6.45) is 2.21. The summed E-state index contributed by atoms with van der Waals surface area (Å²) in [7, 11) is 5.99. The molecule has 0 aliphatic heterocycles. The molecule has 21 heavy (non-hydrogen) atoms. The molecule has 0 aromatic heterocycles. The first-order chi connectivity index (χ1) is 10.2. The van der Waals surface area contributed by atoms with Crippen LogP contribution in [0, 0.1) is 0 Å². The summed E-state index contributed by atoms with van der Waals surface area (Å²) in [5, 5.41) is 0. The second-order valence-electron chi connectivity index (χ2n) is 5.76. The lowest BCUT2D eigenvalue weighted by atomic mass is 9.89. The Morgan fingerprint density at radius 1 is 1.00 bits per heavy atom. The van der Waals surface area contributed by atoms with Crippen LogP contribution in [0.3, 0.4) is 0 Å². The smallest absolute Gasteiger partial charge is 0.119 e. The Morgan fingerprint density at radius 3 is 2.43 bits per heavy atom. The van der Waals surface area contributed by atoms with E-state index in [-0.39, 0.29) is 0 Å². The highest BCUT2D eigenvalue weighted by Crippen LogP contribution is 2.26. The largest absolute Gasteiger partial charge is 0.497 e. The zero-order valence-corrected chi connectivity index (χ0v) is 13.3. The third-order valence-electron chi connectivity index (χ3n) is 3.81. The third-order valence-corrected chi connectivity index (χ3v) is 3.81. The highest BCUT2D eigenvalue weighted by molar-refractivity contribution is 5.31. The van der Waals surface area contributed by atoms with Gasteiger partial charge in [-0.2, -0.15) is 0 Å². The first kappa shape index (κ1) is 15.6. The molecule has 0 radical (unpaired) electrons. The molecule has 2 aromatic carbocycles. The summed E-state index contributed by atoms with van der Waals surface area (Å²) in [5.74, 6) is 1.48. The van der Waals surface area contributed by atoms with Gasteiger partial charge in [-0.25, -0.2) is 0 Å². The molecule has 0 amide bonds. The summed E-state index contributed by atoms with van der Waals surface area (Å²) in [4.78, 5) is 2.25. The van der Waals surface area contributed by atoms with E-state index in [0.717, 1.165) is 25.1 Å². The van der Waals surface area contributed by atoms with E-state index in [1.54, 1.807) is 7.11 Å². The Morgan fingerprint density at radius 2 is 1.76 bits per heavy atom. The van der Waals surface area contributed by atoms with Crippen LogP contribution >= 0.6 is 0 Å². The van der Waals surface area contributed by atoms with Crippen LogP contribution in [0.15, 0.2) is 54.6 Å². The summed E-state index contributed by atoms with van der Waals surface area (Å²) in [6, 6.07) is 19.2. The zero-order valence-electron chi connectivity index (χ0n) is 13.3. The van der Waals surface area contributed by atoms with Gasteiger partial charge in [-0.05, 0) is 62.7 Å². The van der Waals surface area contributed by atoms with Crippen LogP contribution in [-0.4, -0.2) is 32.6 Å². The number of benzene rings is 2. The van der Waals surface area contributed by atoms with Crippen LogP contribution < -0.4 is 4.74 Å². The molecule has 1 unspecified atom stereocenters. The number of hydrogen-bond donors (Lipinski definition) is 0. The van der Waals surface area contributed by atoms with Crippen molar-refractivity contribution in [2.24, 2.45) is 0 Å². The Kier molecular flexibility index (Phi) is 5.82. The Balaban J connectivity index is 2.15. The maximum atomic E-state index is 5.33. The summed E-state index contributed by atoms with van der Waals surface area (Å²) >= 11 is 0. The van der Waals surface area contributed by atoms with Crippen LogP contribution in [0.1, 0.15) is 23.5 Å². The van der Waals surface area contributed by atoms with Gasteiger partial charge in [-0.15, -0.1) is 0 Å². The van der Waals surface area contributed by atoms with Gasteiger partial charge in [0, 0.05) is 0 Å². The van der Waals surface area contributed by atoms with E-state index in [1.807, 2.05) is 6.07 Å². The normalized spacial score (nSPS) is 12.4. The standard InChI is InChI=1S/C19H25NO/c1-20(2)13-12-18(17-9-5-4-6-10-17)14-16-8-7-11-19(15-16)21-3/h4-11,15,18H,12-14H2,1-3H3. The molecule has 2 aromatic rings. The molecule has 2 heteroatoms. The van der Waals surface area contributed by atoms with Gasteiger partial charge in [0.15, 0.2) is 0 Å². The average Bonchev–Trinajstić information content (AvgIpc) is 2.52. The lowest BCUT2D eigenvalue weighted by molar-refractivity contribution is 0.379. The molecule has 0 saturated carbocycles. The summed E-state index contributed by atoms with van der Waals surface area (Å²) in [6.45, 7) is 1.10. The van der Waals surface area contributed by atoms with Crippen molar-refractivity contribution in [1.82, 2.24) is 4.90 Å². The van der Waals surface area contributed by atoms with Crippen molar-refractivity contribution in [2.75, 3.05) is 27.7 Å². The summed E-state index contributed by atoms with van der Waals surface area (Å²) < 4.78 is 5.33. The fourth-order valence-electron chi connectivity index (χ4n) is 2.61. The lowest BCUT2D eigenvalue weighted by Crippen LogP contribution is -2.17. The highest BCUT2D eigenvalue weighted by Gasteiger charge is 2.13. The van der Waals surface area contributed by atoms with Crippen molar-refractivity contribution in [3.05, 3.63) is 65.7 Å².